The lowest BCUT2D eigenvalue weighted by atomic mass is 9.92. The summed E-state index contributed by atoms with van der Waals surface area (Å²) in [5, 5.41) is 0. The van der Waals surface area contributed by atoms with Crippen LogP contribution in [0.15, 0.2) is 38.3 Å². The van der Waals surface area contributed by atoms with Gasteiger partial charge in [-0.15, -0.1) is 11.3 Å². The van der Waals surface area contributed by atoms with Gasteiger partial charge >= 0.3 is 0 Å². The molecule has 158 valence electrons. The largest absolute Gasteiger partial charge is 0.490 e. The third-order valence-electron chi connectivity index (χ3n) is 4.66. The summed E-state index contributed by atoms with van der Waals surface area (Å²) in [7, 11) is -3.69. The SMILES string of the molecule is CC(C)CCN1C(=O)C(C)(C)COc2cc(NS(=O)(=O)c3ccc(Br)s3)ccc21. The Morgan fingerprint density at radius 1 is 1.28 bits per heavy atom. The fourth-order valence-electron chi connectivity index (χ4n) is 2.97. The van der Waals surface area contributed by atoms with Gasteiger partial charge in [-0.2, -0.15) is 0 Å². The van der Waals surface area contributed by atoms with Gasteiger partial charge in [0.05, 0.1) is 20.6 Å². The van der Waals surface area contributed by atoms with Crippen molar-refractivity contribution in [3.8, 4) is 5.75 Å². The van der Waals surface area contributed by atoms with Gasteiger partial charge in [-0.3, -0.25) is 9.52 Å². The van der Waals surface area contributed by atoms with E-state index in [-0.39, 0.29) is 16.7 Å². The van der Waals surface area contributed by atoms with Gasteiger partial charge in [-0.05, 0) is 66.4 Å². The summed E-state index contributed by atoms with van der Waals surface area (Å²) in [4.78, 5) is 14.8. The minimum absolute atomic E-state index is 0.00802. The van der Waals surface area contributed by atoms with E-state index < -0.39 is 15.4 Å². The van der Waals surface area contributed by atoms with Crippen molar-refractivity contribution in [2.75, 3.05) is 22.8 Å². The maximum Gasteiger partial charge on any atom is 0.271 e. The molecule has 0 unspecified atom stereocenters. The summed E-state index contributed by atoms with van der Waals surface area (Å²) < 4.78 is 34.7. The van der Waals surface area contributed by atoms with Crippen LogP contribution >= 0.6 is 27.3 Å². The summed E-state index contributed by atoms with van der Waals surface area (Å²) in [6.45, 7) is 8.77. The van der Waals surface area contributed by atoms with Crippen molar-refractivity contribution >= 4 is 54.6 Å². The maximum absolute atomic E-state index is 13.1. The standard InChI is InChI=1S/C20H25BrN2O4S2/c1-13(2)9-10-23-15-6-5-14(11-16(15)27-12-20(3,4)19(23)24)22-29(25,26)18-8-7-17(21)28-18/h5-8,11,13,22H,9-10,12H2,1-4H3. The third-order valence-corrected chi connectivity index (χ3v) is 8.16. The zero-order valence-electron chi connectivity index (χ0n) is 16.9. The van der Waals surface area contributed by atoms with E-state index in [0.717, 1.165) is 21.5 Å². The Balaban J connectivity index is 1.93. The molecule has 1 aliphatic heterocycles. The van der Waals surface area contributed by atoms with Gasteiger partial charge in [0.1, 0.15) is 16.6 Å². The average molecular weight is 501 g/mol. The molecule has 3 rings (SSSR count). The van der Waals surface area contributed by atoms with Gasteiger partial charge in [0.15, 0.2) is 0 Å². The number of benzene rings is 1. The number of anilines is 2. The minimum atomic E-state index is -3.69. The van der Waals surface area contributed by atoms with Gasteiger partial charge < -0.3 is 9.64 Å². The van der Waals surface area contributed by atoms with Crippen LogP contribution in [0.25, 0.3) is 0 Å². The molecule has 0 fully saturated rings. The van der Waals surface area contributed by atoms with Crippen LogP contribution in [0.1, 0.15) is 34.1 Å². The summed E-state index contributed by atoms with van der Waals surface area (Å²) in [6, 6.07) is 8.30. The zero-order chi connectivity index (χ0) is 21.4. The average Bonchev–Trinajstić information content (AvgIpc) is 3.04. The molecule has 0 saturated heterocycles. The molecule has 2 heterocycles. The predicted octanol–water partition coefficient (Wildman–Crippen LogP) is 5.11. The molecule has 2 aromatic rings. The van der Waals surface area contributed by atoms with E-state index in [2.05, 4.69) is 34.5 Å². The highest BCUT2D eigenvalue weighted by atomic mass is 79.9. The third kappa shape index (κ3) is 4.95. The number of sulfonamides is 1. The van der Waals surface area contributed by atoms with E-state index >= 15 is 0 Å². The molecule has 6 nitrogen and oxygen atoms in total. The van der Waals surface area contributed by atoms with Crippen LogP contribution in [0, 0.1) is 11.3 Å². The van der Waals surface area contributed by atoms with E-state index in [9.17, 15) is 13.2 Å². The molecule has 1 aromatic heterocycles. The molecular weight excluding hydrogens is 476 g/mol. The number of fused-ring (bicyclic) bond motifs is 1. The Hall–Kier alpha value is -1.58. The second kappa shape index (κ2) is 8.28. The number of amides is 1. The summed E-state index contributed by atoms with van der Waals surface area (Å²) in [5.74, 6) is 0.962. The lowest BCUT2D eigenvalue weighted by Gasteiger charge is -2.28. The van der Waals surface area contributed by atoms with Gasteiger partial charge in [-0.1, -0.05) is 13.8 Å². The number of hydrogen-bond acceptors (Lipinski definition) is 5. The highest BCUT2D eigenvalue weighted by Crippen LogP contribution is 2.39. The molecule has 0 bridgehead atoms. The van der Waals surface area contributed by atoms with E-state index in [0.29, 0.717) is 29.6 Å². The van der Waals surface area contributed by atoms with E-state index in [1.54, 1.807) is 35.2 Å². The molecule has 0 saturated carbocycles. The lowest BCUT2D eigenvalue weighted by Crippen LogP contribution is -2.42. The van der Waals surface area contributed by atoms with Crippen molar-refractivity contribution in [3.05, 3.63) is 34.1 Å². The van der Waals surface area contributed by atoms with Crippen LogP contribution < -0.4 is 14.4 Å². The monoisotopic (exact) mass is 500 g/mol. The Labute approximate surface area is 184 Å². The van der Waals surface area contributed by atoms with E-state index in [1.165, 1.54) is 0 Å². The number of thiophene rings is 1. The molecule has 1 aromatic carbocycles. The molecule has 0 aliphatic carbocycles. The molecular formula is C20H25BrN2O4S2. The second-order valence-corrected chi connectivity index (χ2v) is 12.5. The fraction of sp³-hybridized carbons (Fsp3) is 0.450. The van der Waals surface area contributed by atoms with E-state index in [1.807, 2.05) is 13.8 Å². The summed E-state index contributed by atoms with van der Waals surface area (Å²) in [5.41, 5.74) is 0.395. The highest BCUT2D eigenvalue weighted by Gasteiger charge is 2.37. The van der Waals surface area contributed by atoms with Crippen LogP contribution in [0.2, 0.25) is 0 Å². The Bertz CT molecular complexity index is 1020. The van der Waals surface area contributed by atoms with Crippen molar-refractivity contribution in [2.24, 2.45) is 11.3 Å². The molecule has 1 N–H and O–H groups in total. The zero-order valence-corrected chi connectivity index (χ0v) is 20.1. The molecule has 0 spiro atoms. The number of nitrogens with zero attached hydrogens (tertiary/aromatic N) is 1. The van der Waals surface area contributed by atoms with E-state index in [4.69, 9.17) is 4.74 Å². The first-order chi connectivity index (χ1) is 13.5. The number of carbonyl (C=O) groups is 1. The molecule has 9 heteroatoms. The minimum Gasteiger partial charge on any atom is -0.490 e. The second-order valence-electron chi connectivity index (χ2n) is 8.16. The first kappa shape index (κ1) is 22.1. The first-order valence-electron chi connectivity index (χ1n) is 9.36. The smallest absolute Gasteiger partial charge is 0.271 e. The predicted molar refractivity (Wildman–Crippen MR) is 120 cm³/mol. The summed E-state index contributed by atoms with van der Waals surface area (Å²) in [6.07, 6.45) is 0.864. The van der Waals surface area contributed by atoms with Crippen LogP contribution in [0.3, 0.4) is 0 Å². The Morgan fingerprint density at radius 2 is 2.00 bits per heavy atom. The topological polar surface area (TPSA) is 75.7 Å². The quantitative estimate of drug-likeness (QED) is 0.597. The molecule has 29 heavy (non-hydrogen) atoms. The van der Waals surface area contributed by atoms with Crippen LogP contribution in [0.5, 0.6) is 5.75 Å². The molecule has 1 amide bonds. The van der Waals surface area contributed by atoms with Crippen LogP contribution in [-0.2, 0) is 14.8 Å². The van der Waals surface area contributed by atoms with Crippen molar-refractivity contribution in [3.63, 3.8) is 0 Å². The number of halogens is 1. The number of hydrogen-bond donors (Lipinski definition) is 1. The van der Waals surface area contributed by atoms with Crippen LogP contribution in [0.4, 0.5) is 11.4 Å². The Kier molecular flexibility index (Phi) is 6.31. The summed E-state index contributed by atoms with van der Waals surface area (Å²) >= 11 is 4.42. The van der Waals surface area contributed by atoms with Gasteiger partial charge in [-0.25, -0.2) is 8.42 Å². The highest BCUT2D eigenvalue weighted by molar-refractivity contribution is 9.11. The normalized spacial score (nSPS) is 16.3. The molecule has 0 atom stereocenters. The van der Waals surface area contributed by atoms with Crippen LogP contribution in [-0.4, -0.2) is 27.5 Å². The van der Waals surface area contributed by atoms with Crippen molar-refractivity contribution in [1.82, 2.24) is 0 Å². The van der Waals surface area contributed by atoms with Gasteiger partial charge in [0, 0.05) is 12.6 Å². The maximum atomic E-state index is 13.1. The van der Waals surface area contributed by atoms with Crippen molar-refractivity contribution < 1.29 is 17.9 Å². The van der Waals surface area contributed by atoms with Gasteiger partial charge in [0.25, 0.3) is 10.0 Å². The van der Waals surface area contributed by atoms with Crippen molar-refractivity contribution in [2.45, 2.75) is 38.3 Å². The fourth-order valence-corrected chi connectivity index (χ4v) is 6.03. The number of carbonyl (C=O) groups excluding carboxylic acids is 1. The number of nitrogens with one attached hydrogen (secondary N) is 1. The number of rotatable bonds is 6. The number of ether oxygens (including phenoxy) is 1. The van der Waals surface area contributed by atoms with Crippen molar-refractivity contribution in [1.29, 1.82) is 0 Å². The molecule has 1 aliphatic rings. The lowest BCUT2D eigenvalue weighted by molar-refractivity contribution is -0.127. The first-order valence-corrected chi connectivity index (χ1v) is 12.5. The molecule has 0 radical (unpaired) electrons. The Morgan fingerprint density at radius 3 is 2.62 bits per heavy atom. The van der Waals surface area contributed by atoms with Gasteiger partial charge in [0.2, 0.25) is 5.91 Å².